The molecule has 2 rings (SSSR count). The van der Waals surface area contributed by atoms with Crippen molar-refractivity contribution in [1.29, 1.82) is 0 Å². The van der Waals surface area contributed by atoms with Gasteiger partial charge in [0.1, 0.15) is 17.6 Å². The molecule has 2 heterocycles. The molecule has 0 amide bonds. The molecule has 3 N–H and O–H groups in total. The largest absolute Gasteiger partial charge is 0.468 e. The summed E-state index contributed by atoms with van der Waals surface area (Å²) in [7, 11) is 1.42. The Morgan fingerprint density at radius 2 is 2.24 bits per heavy atom. The van der Waals surface area contributed by atoms with Crippen LogP contribution in [0.3, 0.4) is 0 Å². The Kier molecular flexibility index (Phi) is 2.92. The van der Waals surface area contributed by atoms with Crippen molar-refractivity contribution in [2.45, 2.75) is 13.2 Å². The molecule has 7 nitrogen and oxygen atoms in total. The van der Waals surface area contributed by atoms with Gasteiger partial charge in [-0.3, -0.25) is 9.78 Å². The molecule has 0 saturated carbocycles. The normalized spacial score (nSPS) is 12.4. The van der Waals surface area contributed by atoms with E-state index in [0.717, 1.165) is 0 Å². The SMILES string of the molecule is COc1nc2ccc(NC(C)O)nc2c(=O)[nH]1. The van der Waals surface area contributed by atoms with E-state index in [0.29, 0.717) is 11.3 Å². The Labute approximate surface area is 96.5 Å². The van der Waals surface area contributed by atoms with E-state index in [9.17, 15) is 4.79 Å². The monoisotopic (exact) mass is 236 g/mol. The number of pyridine rings is 1. The molecule has 2 aromatic heterocycles. The third-order valence-corrected chi connectivity index (χ3v) is 2.08. The van der Waals surface area contributed by atoms with Crippen LogP contribution >= 0.6 is 0 Å². The fourth-order valence-corrected chi connectivity index (χ4v) is 1.39. The second-order valence-corrected chi connectivity index (χ2v) is 3.46. The van der Waals surface area contributed by atoms with Crippen LogP contribution in [0.5, 0.6) is 6.01 Å². The molecule has 7 heteroatoms. The Morgan fingerprint density at radius 1 is 1.47 bits per heavy atom. The predicted octanol–water partition coefficient (Wildman–Crippen LogP) is 0.0769. The fourth-order valence-electron chi connectivity index (χ4n) is 1.39. The number of nitrogens with zero attached hydrogens (tertiary/aromatic N) is 2. The van der Waals surface area contributed by atoms with E-state index in [1.54, 1.807) is 19.1 Å². The topological polar surface area (TPSA) is 100 Å². The number of ether oxygens (including phenoxy) is 1. The van der Waals surface area contributed by atoms with E-state index < -0.39 is 6.23 Å². The minimum absolute atomic E-state index is 0.139. The highest BCUT2D eigenvalue weighted by molar-refractivity contribution is 5.75. The van der Waals surface area contributed by atoms with Crippen molar-refractivity contribution >= 4 is 16.9 Å². The van der Waals surface area contributed by atoms with Gasteiger partial charge in [0, 0.05) is 0 Å². The highest BCUT2D eigenvalue weighted by atomic mass is 16.5. The lowest BCUT2D eigenvalue weighted by molar-refractivity contribution is 0.224. The number of H-pyrrole nitrogens is 1. The first-order valence-corrected chi connectivity index (χ1v) is 5.00. The zero-order valence-corrected chi connectivity index (χ0v) is 9.39. The first kappa shape index (κ1) is 11.3. The molecule has 0 aliphatic carbocycles. The molecule has 2 aromatic rings. The lowest BCUT2D eigenvalue weighted by atomic mass is 10.3. The van der Waals surface area contributed by atoms with Crippen molar-refractivity contribution in [3.8, 4) is 6.01 Å². The summed E-state index contributed by atoms with van der Waals surface area (Å²) in [5.41, 5.74) is 0.235. The Balaban J connectivity index is 2.55. The molecule has 1 atom stereocenters. The number of aromatic amines is 1. The van der Waals surface area contributed by atoms with Crippen molar-refractivity contribution in [3.63, 3.8) is 0 Å². The summed E-state index contributed by atoms with van der Waals surface area (Å²) in [5, 5.41) is 11.8. The van der Waals surface area contributed by atoms with E-state index in [-0.39, 0.29) is 17.1 Å². The molecule has 1 unspecified atom stereocenters. The van der Waals surface area contributed by atoms with Crippen molar-refractivity contribution in [3.05, 3.63) is 22.5 Å². The standard InChI is InChI=1S/C10H12N4O3/c1-5(15)11-7-4-3-6-8(13-7)9(16)14-10(12-6)17-2/h3-5,15H,1-2H3,(H,11,13)(H,12,14,16). The van der Waals surface area contributed by atoms with Crippen LogP contribution < -0.4 is 15.6 Å². The molecule has 0 radical (unpaired) electrons. The summed E-state index contributed by atoms with van der Waals surface area (Å²) < 4.78 is 4.85. The number of aliphatic hydroxyl groups is 1. The number of anilines is 1. The quantitative estimate of drug-likeness (QED) is 0.652. The number of rotatable bonds is 3. The third-order valence-electron chi connectivity index (χ3n) is 2.08. The molecule has 0 saturated heterocycles. The Hall–Kier alpha value is -2.15. The van der Waals surface area contributed by atoms with Crippen LogP contribution in [0.4, 0.5) is 5.82 Å². The Bertz CT molecular complexity index is 594. The van der Waals surface area contributed by atoms with Gasteiger partial charge in [-0.15, -0.1) is 0 Å². The van der Waals surface area contributed by atoms with E-state index in [1.807, 2.05) is 0 Å². The minimum atomic E-state index is -0.745. The first-order valence-electron chi connectivity index (χ1n) is 5.00. The average Bonchev–Trinajstić information content (AvgIpc) is 2.29. The summed E-state index contributed by atoms with van der Waals surface area (Å²) >= 11 is 0. The van der Waals surface area contributed by atoms with Crippen molar-refractivity contribution in [2.75, 3.05) is 12.4 Å². The molecular weight excluding hydrogens is 224 g/mol. The van der Waals surface area contributed by atoms with Crippen LogP contribution in [0, 0.1) is 0 Å². The van der Waals surface area contributed by atoms with E-state index >= 15 is 0 Å². The van der Waals surface area contributed by atoms with Gasteiger partial charge in [-0.25, -0.2) is 4.98 Å². The molecule has 0 fully saturated rings. The van der Waals surface area contributed by atoms with Gasteiger partial charge >= 0.3 is 0 Å². The second-order valence-electron chi connectivity index (χ2n) is 3.46. The number of methoxy groups -OCH3 is 1. The van der Waals surface area contributed by atoms with Gasteiger partial charge in [-0.1, -0.05) is 0 Å². The maximum Gasteiger partial charge on any atom is 0.296 e. The molecule has 0 aliphatic rings. The smallest absolute Gasteiger partial charge is 0.296 e. The Morgan fingerprint density at radius 3 is 2.88 bits per heavy atom. The number of hydrogen-bond acceptors (Lipinski definition) is 6. The predicted molar refractivity (Wildman–Crippen MR) is 62.0 cm³/mol. The number of aromatic nitrogens is 3. The highest BCUT2D eigenvalue weighted by Gasteiger charge is 2.07. The lowest BCUT2D eigenvalue weighted by Crippen LogP contribution is -2.16. The van der Waals surface area contributed by atoms with Crippen LogP contribution in [-0.2, 0) is 0 Å². The summed E-state index contributed by atoms with van der Waals surface area (Å²) in [6, 6.07) is 3.40. The van der Waals surface area contributed by atoms with Crippen molar-refractivity contribution < 1.29 is 9.84 Å². The molecule has 0 aliphatic heterocycles. The summed E-state index contributed by atoms with van der Waals surface area (Å²) in [6.07, 6.45) is -0.745. The van der Waals surface area contributed by atoms with Crippen LogP contribution in [0.2, 0.25) is 0 Å². The zero-order valence-electron chi connectivity index (χ0n) is 9.39. The number of aliphatic hydroxyl groups excluding tert-OH is 1. The van der Waals surface area contributed by atoms with Gasteiger partial charge in [-0.05, 0) is 19.1 Å². The molecule has 0 aromatic carbocycles. The molecule has 0 bridgehead atoms. The number of fused-ring (bicyclic) bond motifs is 1. The van der Waals surface area contributed by atoms with Crippen LogP contribution in [-0.4, -0.2) is 33.4 Å². The number of nitrogens with one attached hydrogen (secondary N) is 2. The molecule has 17 heavy (non-hydrogen) atoms. The maximum absolute atomic E-state index is 11.7. The maximum atomic E-state index is 11.7. The van der Waals surface area contributed by atoms with E-state index in [1.165, 1.54) is 7.11 Å². The van der Waals surface area contributed by atoms with Gasteiger partial charge in [0.15, 0.2) is 5.52 Å². The van der Waals surface area contributed by atoms with Crippen LogP contribution in [0.15, 0.2) is 16.9 Å². The minimum Gasteiger partial charge on any atom is -0.468 e. The zero-order chi connectivity index (χ0) is 12.4. The van der Waals surface area contributed by atoms with Crippen molar-refractivity contribution in [2.24, 2.45) is 0 Å². The summed E-state index contributed by atoms with van der Waals surface area (Å²) in [4.78, 5) is 22.2. The molecular formula is C10H12N4O3. The van der Waals surface area contributed by atoms with Crippen LogP contribution in [0.25, 0.3) is 11.0 Å². The van der Waals surface area contributed by atoms with Crippen molar-refractivity contribution in [1.82, 2.24) is 15.0 Å². The lowest BCUT2D eigenvalue weighted by Gasteiger charge is -2.08. The van der Waals surface area contributed by atoms with Crippen LogP contribution in [0.1, 0.15) is 6.92 Å². The van der Waals surface area contributed by atoms with E-state index in [2.05, 4.69) is 20.3 Å². The van der Waals surface area contributed by atoms with Gasteiger partial charge < -0.3 is 15.2 Å². The summed E-state index contributed by atoms with van der Waals surface area (Å²) in [5.74, 6) is 0.407. The number of hydrogen-bond donors (Lipinski definition) is 3. The average molecular weight is 236 g/mol. The highest BCUT2D eigenvalue weighted by Crippen LogP contribution is 2.12. The third kappa shape index (κ3) is 2.34. The fraction of sp³-hybridized carbons (Fsp3) is 0.300. The summed E-state index contributed by atoms with van der Waals surface area (Å²) in [6.45, 7) is 1.56. The van der Waals surface area contributed by atoms with Gasteiger partial charge in [0.2, 0.25) is 0 Å². The van der Waals surface area contributed by atoms with Gasteiger partial charge in [0.25, 0.3) is 11.6 Å². The molecule has 90 valence electrons. The van der Waals surface area contributed by atoms with E-state index in [4.69, 9.17) is 9.84 Å². The van der Waals surface area contributed by atoms with Gasteiger partial charge in [-0.2, -0.15) is 4.98 Å². The first-order chi connectivity index (χ1) is 8.10. The van der Waals surface area contributed by atoms with Gasteiger partial charge in [0.05, 0.1) is 7.11 Å². The molecule has 0 spiro atoms. The second kappa shape index (κ2) is 4.38.